The number of anilines is 1. The summed E-state index contributed by atoms with van der Waals surface area (Å²) in [6, 6.07) is 19.4. The van der Waals surface area contributed by atoms with Gasteiger partial charge >= 0.3 is 5.97 Å². The van der Waals surface area contributed by atoms with Crippen LogP contribution in [0.3, 0.4) is 0 Å². The Morgan fingerprint density at radius 1 is 0.947 bits per heavy atom. The van der Waals surface area contributed by atoms with Crippen molar-refractivity contribution in [2.75, 3.05) is 17.8 Å². The summed E-state index contributed by atoms with van der Waals surface area (Å²) in [7, 11) is 1.55. The van der Waals surface area contributed by atoms with Gasteiger partial charge in [-0.2, -0.15) is 0 Å². The number of thioether (sulfide) groups is 2. The topological polar surface area (TPSA) is 76.2 Å². The molecule has 3 aromatic carbocycles. The fraction of sp³-hybridized carbons (Fsp3) is 0.250. The third-order valence-electron chi connectivity index (χ3n) is 6.41. The zero-order chi connectivity index (χ0) is 27.0. The molecule has 0 aromatic heterocycles. The predicted octanol–water partition coefficient (Wildman–Crippen LogP) is 6.07. The highest BCUT2D eigenvalue weighted by atomic mass is 35.5. The maximum absolute atomic E-state index is 13.5. The summed E-state index contributed by atoms with van der Waals surface area (Å²) in [5.74, 6) is 0.367. The lowest BCUT2D eigenvalue weighted by Crippen LogP contribution is -2.44. The fourth-order valence-electron chi connectivity index (χ4n) is 4.68. The van der Waals surface area contributed by atoms with Crippen molar-refractivity contribution in [1.82, 2.24) is 4.90 Å². The second kappa shape index (κ2) is 10.9. The van der Waals surface area contributed by atoms with Crippen molar-refractivity contribution < 1.29 is 23.9 Å². The Morgan fingerprint density at radius 3 is 2.39 bits per heavy atom. The van der Waals surface area contributed by atoms with Gasteiger partial charge in [-0.05, 0) is 42.0 Å². The summed E-state index contributed by atoms with van der Waals surface area (Å²) in [6.45, 7) is 2.95. The van der Waals surface area contributed by atoms with Crippen LogP contribution in [0.4, 0.5) is 5.69 Å². The van der Waals surface area contributed by atoms with Crippen LogP contribution in [0, 0.1) is 0 Å². The molecule has 3 atom stereocenters. The molecule has 2 heterocycles. The molecule has 1 saturated heterocycles. The number of esters is 1. The van der Waals surface area contributed by atoms with Gasteiger partial charge in [-0.3, -0.25) is 14.5 Å². The summed E-state index contributed by atoms with van der Waals surface area (Å²) in [5.41, 5.74) is 2.28. The van der Waals surface area contributed by atoms with E-state index in [1.807, 2.05) is 42.5 Å². The second-order valence-corrected chi connectivity index (χ2v) is 11.5. The van der Waals surface area contributed by atoms with E-state index in [1.165, 1.54) is 37.4 Å². The molecule has 0 N–H and O–H groups in total. The molecule has 0 radical (unpaired) electrons. The SMILES string of the molecule is COc1ccc(OC(=O)C2CSC(c3ccccc3)N2C(C)=O)c(C2Sc3cc(Cl)ccc3N2C(C)=O)c1. The molecule has 0 saturated carbocycles. The van der Waals surface area contributed by atoms with E-state index in [0.717, 1.165) is 16.1 Å². The highest BCUT2D eigenvalue weighted by Gasteiger charge is 2.43. The van der Waals surface area contributed by atoms with Crippen LogP contribution >= 0.6 is 35.1 Å². The summed E-state index contributed by atoms with van der Waals surface area (Å²) < 4.78 is 11.4. The molecule has 0 bridgehead atoms. The number of fused-ring (bicyclic) bond motifs is 1. The molecule has 38 heavy (non-hydrogen) atoms. The lowest BCUT2D eigenvalue weighted by molar-refractivity contribution is -0.146. The first-order chi connectivity index (χ1) is 18.3. The van der Waals surface area contributed by atoms with Gasteiger partial charge in [0.15, 0.2) is 0 Å². The van der Waals surface area contributed by atoms with Crippen LogP contribution in [0.5, 0.6) is 11.5 Å². The number of amides is 2. The lowest BCUT2D eigenvalue weighted by Gasteiger charge is -2.28. The minimum Gasteiger partial charge on any atom is -0.497 e. The van der Waals surface area contributed by atoms with Crippen molar-refractivity contribution in [3.63, 3.8) is 0 Å². The summed E-state index contributed by atoms with van der Waals surface area (Å²) in [5, 5.41) is -0.217. The van der Waals surface area contributed by atoms with E-state index in [2.05, 4.69) is 0 Å². The Bertz CT molecular complexity index is 1400. The van der Waals surface area contributed by atoms with Crippen molar-refractivity contribution in [3.8, 4) is 11.5 Å². The third kappa shape index (κ3) is 4.98. The van der Waals surface area contributed by atoms with E-state index >= 15 is 0 Å². The molecule has 7 nitrogen and oxygen atoms in total. The normalized spacial score (nSPS) is 20.3. The zero-order valence-corrected chi connectivity index (χ0v) is 23.3. The van der Waals surface area contributed by atoms with Crippen LogP contribution in [0.15, 0.2) is 71.6 Å². The van der Waals surface area contributed by atoms with Crippen LogP contribution in [0.1, 0.15) is 35.7 Å². The molecular formula is C28H25ClN2O5S2. The summed E-state index contributed by atoms with van der Waals surface area (Å²) in [6.07, 6.45) is 0. The number of carbonyl (C=O) groups excluding carboxylic acids is 3. The van der Waals surface area contributed by atoms with Gasteiger partial charge in [0.2, 0.25) is 11.8 Å². The quantitative estimate of drug-likeness (QED) is 0.273. The Morgan fingerprint density at radius 2 is 1.71 bits per heavy atom. The highest BCUT2D eigenvalue weighted by Crippen LogP contribution is 2.54. The van der Waals surface area contributed by atoms with Gasteiger partial charge in [0.1, 0.15) is 28.3 Å². The van der Waals surface area contributed by atoms with Gasteiger partial charge in [-0.15, -0.1) is 11.8 Å². The molecule has 196 valence electrons. The number of ether oxygens (including phenoxy) is 2. The number of hydrogen-bond acceptors (Lipinski definition) is 7. The highest BCUT2D eigenvalue weighted by molar-refractivity contribution is 8.00. The van der Waals surface area contributed by atoms with Crippen molar-refractivity contribution in [2.24, 2.45) is 0 Å². The van der Waals surface area contributed by atoms with Crippen LogP contribution in [-0.2, 0) is 14.4 Å². The van der Waals surface area contributed by atoms with Crippen LogP contribution in [-0.4, -0.2) is 41.6 Å². The van der Waals surface area contributed by atoms with Gasteiger partial charge in [0, 0.05) is 35.1 Å². The molecule has 0 aliphatic carbocycles. The van der Waals surface area contributed by atoms with E-state index in [9.17, 15) is 14.4 Å². The molecule has 2 aliphatic rings. The van der Waals surface area contributed by atoms with E-state index in [0.29, 0.717) is 27.8 Å². The molecule has 5 rings (SSSR count). The second-order valence-electron chi connectivity index (χ2n) is 8.83. The first kappa shape index (κ1) is 26.5. The first-order valence-corrected chi connectivity index (χ1v) is 14.2. The van der Waals surface area contributed by atoms with E-state index in [4.69, 9.17) is 21.1 Å². The van der Waals surface area contributed by atoms with Gasteiger partial charge in [0.25, 0.3) is 0 Å². The predicted molar refractivity (Wildman–Crippen MR) is 150 cm³/mol. The van der Waals surface area contributed by atoms with E-state index < -0.39 is 17.4 Å². The van der Waals surface area contributed by atoms with Gasteiger partial charge in [-0.1, -0.05) is 53.7 Å². The fourth-order valence-corrected chi connectivity index (χ4v) is 7.79. The molecule has 10 heteroatoms. The maximum Gasteiger partial charge on any atom is 0.335 e. The minimum atomic E-state index is -0.756. The Kier molecular flexibility index (Phi) is 7.61. The number of hydrogen-bond donors (Lipinski definition) is 0. The van der Waals surface area contributed by atoms with Gasteiger partial charge in [-0.25, -0.2) is 4.79 Å². The average molecular weight is 569 g/mol. The first-order valence-electron chi connectivity index (χ1n) is 11.9. The number of methoxy groups -OCH3 is 1. The Labute approximate surface area is 234 Å². The number of benzene rings is 3. The molecule has 3 aromatic rings. The molecular weight excluding hydrogens is 544 g/mol. The Hall–Kier alpha value is -3.14. The van der Waals surface area contributed by atoms with Crippen LogP contribution < -0.4 is 14.4 Å². The minimum absolute atomic E-state index is 0.163. The van der Waals surface area contributed by atoms with Crippen LogP contribution in [0.2, 0.25) is 5.02 Å². The largest absolute Gasteiger partial charge is 0.497 e. The number of rotatable bonds is 5. The van der Waals surface area contributed by atoms with Crippen molar-refractivity contribution in [3.05, 3.63) is 82.9 Å². The van der Waals surface area contributed by atoms with Crippen molar-refractivity contribution >= 4 is 58.6 Å². The molecule has 2 amide bonds. The Balaban J connectivity index is 1.47. The molecule has 3 unspecified atom stereocenters. The summed E-state index contributed by atoms with van der Waals surface area (Å²) in [4.78, 5) is 43.0. The summed E-state index contributed by atoms with van der Waals surface area (Å²) >= 11 is 9.19. The smallest absolute Gasteiger partial charge is 0.335 e. The lowest BCUT2D eigenvalue weighted by atomic mass is 10.1. The van der Waals surface area contributed by atoms with Gasteiger partial charge < -0.3 is 14.4 Å². The average Bonchev–Trinajstić information content (AvgIpc) is 3.51. The van der Waals surface area contributed by atoms with E-state index in [1.54, 1.807) is 41.2 Å². The monoisotopic (exact) mass is 568 g/mol. The standard InChI is InChI=1S/C28H25ClN2O5S2/c1-16(32)30-22-11-9-19(29)13-25(22)38-27(30)21-14-20(35-3)10-12-24(21)36-28(34)23-15-37-26(31(23)17(2)33)18-7-5-4-6-8-18/h4-14,23,26-27H,15H2,1-3H3. The maximum atomic E-state index is 13.5. The third-order valence-corrected chi connectivity index (χ3v) is 9.24. The number of halogens is 1. The van der Waals surface area contributed by atoms with Crippen molar-refractivity contribution in [1.29, 1.82) is 0 Å². The molecule has 2 aliphatic heterocycles. The zero-order valence-electron chi connectivity index (χ0n) is 20.9. The van der Waals surface area contributed by atoms with Crippen molar-refractivity contribution in [2.45, 2.75) is 35.5 Å². The van der Waals surface area contributed by atoms with Gasteiger partial charge in [0.05, 0.1) is 12.8 Å². The molecule has 0 spiro atoms. The van der Waals surface area contributed by atoms with E-state index in [-0.39, 0.29) is 17.2 Å². The number of carbonyl (C=O) groups is 3. The number of nitrogens with zero attached hydrogens (tertiary/aromatic N) is 2. The van der Waals surface area contributed by atoms with Crippen LogP contribution in [0.25, 0.3) is 0 Å². The molecule has 1 fully saturated rings.